The van der Waals surface area contributed by atoms with Crippen LogP contribution in [-0.2, 0) is 11.2 Å². The van der Waals surface area contributed by atoms with E-state index in [2.05, 4.69) is 10.2 Å². The number of carbonyl (C=O) groups excluding carboxylic acids is 1. The topological polar surface area (TPSA) is 88.7 Å². The van der Waals surface area contributed by atoms with E-state index in [1.54, 1.807) is 0 Å². The van der Waals surface area contributed by atoms with Gasteiger partial charge in [-0.3, -0.25) is 4.79 Å². The zero-order chi connectivity index (χ0) is 16.4. The number of hydrogen-bond acceptors (Lipinski definition) is 6. The number of phenols is 1. The maximum atomic E-state index is 13.8. The van der Waals surface area contributed by atoms with Gasteiger partial charge in [0.05, 0.1) is 13.2 Å². The van der Waals surface area contributed by atoms with Crippen LogP contribution in [0.5, 0.6) is 5.75 Å². The number of nitrogens with zero attached hydrogens (tertiary/aromatic N) is 3. The summed E-state index contributed by atoms with van der Waals surface area (Å²) in [7, 11) is 0. The number of hydrogen-bond donors (Lipinski definition) is 1. The SMILES string of the molecule is CCc1nnc(C2CN(C(=O)c3c(O)cccc3F)CCO2)o1. The predicted molar refractivity (Wildman–Crippen MR) is 76.3 cm³/mol. The largest absolute Gasteiger partial charge is 0.507 e. The summed E-state index contributed by atoms with van der Waals surface area (Å²) in [5, 5.41) is 17.5. The summed E-state index contributed by atoms with van der Waals surface area (Å²) in [6.07, 6.45) is 0.0419. The second-order valence-corrected chi connectivity index (χ2v) is 5.13. The molecule has 1 saturated heterocycles. The molecule has 2 aromatic rings. The van der Waals surface area contributed by atoms with Crippen LogP contribution >= 0.6 is 0 Å². The summed E-state index contributed by atoms with van der Waals surface area (Å²) in [6.45, 7) is 2.58. The summed E-state index contributed by atoms with van der Waals surface area (Å²) in [5.41, 5.74) is -0.340. The highest BCUT2D eigenvalue weighted by Gasteiger charge is 2.31. The van der Waals surface area contributed by atoms with Gasteiger partial charge in [0.1, 0.15) is 17.1 Å². The highest BCUT2D eigenvalue weighted by molar-refractivity contribution is 5.97. The van der Waals surface area contributed by atoms with Crippen molar-refractivity contribution in [2.75, 3.05) is 19.7 Å². The van der Waals surface area contributed by atoms with Crippen LogP contribution in [0.2, 0.25) is 0 Å². The monoisotopic (exact) mass is 321 g/mol. The third kappa shape index (κ3) is 3.02. The van der Waals surface area contributed by atoms with Gasteiger partial charge in [-0.15, -0.1) is 10.2 Å². The molecule has 0 spiro atoms. The van der Waals surface area contributed by atoms with Crippen LogP contribution in [0.1, 0.15) is 35.2 Å². The Morgan fingerprint density at radius 2 is 2.30 bits per heavy atom. The molecule has 23 heavy (non-hydrogen) atoms. The lowest BCUT2D eigenvalue weighted by atomic mass is 10.1. The Labute approximate surface area is 131 Å². The number of rotatable bonds is 3. The van der Waals surface area contributed by atoms with Crippen LogP contribution in [0.4, 0.5) is 4.39 Å². The van der Waals surface area contributed by atoms with Crippen molar-refractivity contribution < 1.29 is 23.4 Å². The van der Waals surface area contributed by atoms with Crippen molar-refractivity contribution in [2.24, 2.45) is 0 Å². The van der Waals surface area contributed by atoms with Crippen molar-refractivity contribution in [2.45, 2.75) is 19.4 Å². The number of carbonyl (C=O) groups is 1. The molecule has 0 bridgehead atoms. The maximum Gasteiger partial charge on any atom is 0.260 e. The minimum Gasteiger partial charge on any atom is -0.507 e. The molecule has 0 aliphatic carbocycles. The van der Waals surface area contributed by atoms with Gasteiger partial charge in [-0.1, -0.05) is 13.0 Å². The number of morpholine rings is 1. The Morgan fingerprint density at radius 1 is 1.48 bits per heavy atom. The minimum atomic E-state index is -0.760. The molecule has 1 aliphatic heterocycles. The third-order valence-electron chi connectivity index (χ3n) is 3.62. The van der Waals surface area contributed by atoms with Crippen molar-refractivity contribution in [1.82, 2.24) is 15.1 Å². The van der Waals surface area contributed by atoms with E-state index >= 15 is 0 Å². The number of aromatic nitrogens is 2. The molecule has 1 aromatic carbocycles. The van der Waals surface area contributed by atoms with E-state index in [4.69, 9.17) is 9.15 Å². The van der Waals surface area contributed by atoms with Crippen LogP contribution in [0.25, 0.3) is 0 Å². The maximum absolute atomic E-state index is 13.8. The molecule has 1 amide bonds. The van der Waals surface area contributed by atoms with Crippen molar-refractivity contribution >= 4 is 5.91 Å². The standard InChI is InChI=1S/C15H16FN3O4/c1-2-12-17-18-14(23-12)11-8-19(6-7-22-11)15(21)13-9(16)4-3-5-10(13)20/h3-5,11,20H,2,6-8H2,1H3. The van der Waals surface area contributed by atoms with E-state index in [-0.39, 0.29) is 36.9 Å². The molecule has 1 aliphatic rings. The van der Waals surface area contributed by atoms with Gasteiger partial charge < -0.3 is 19.2 Å². The minimum absolute atomic E-state index is 0.151. The molecule has 0 radical (unpaired) electrons. The van der Waals surface area contributed by atoms with Crippen LogP contribution in [0.3, 0.4) is 0 Å². The Morgan fingerprint density at radius 3 is 3.00 bits per heavy atom. The average Bonchev–Trinajstić information content (AvgIpc) is 3.04. The highest BCUT2D eigenvalue weighted by atomic mass is 19.1. The lowest BCUT2D eigenvalue weighted by Crippen LogP contribution is -2.42. The van der Waals surface area contributed by atoms with E-state index in [1.165, 1.54) is 17.0 Å². The van der Waals surface area contributed by atoms with Gasteiger partial charge in [-0.25, -0.2) is 4.39 Å². The van der Waals surface area contributed by atoms with Gasteiger partial charge in [-0.05, 0) is 12.1 Å². The normalized spacial score (nSPS) is 18.2. The Kier molecular flexibility index (Phi) is 4.24. The average molecular weight is 321 g/mol. The molecule has 2 heterocycles. The van der Waals surface area contributed by atoms with Gasteiger partial charge in [-0.2, -0.15) is 0 Å². The zero-order valence-corrected chi connectivity index (χ0v) is 12.5. The second kappa shape index (κ2) is 6.33. The first-order valence-corrected chi connectivity index (χ1v) is 7.30. The molecule has 1 atom stereocenters. The summed E-state index contributed by atoms with van der Waals surface area (Å²) in [4.78, 5) is 13.9. The molecule has 1 fully saturated rings. The molecule has 1 aromatic heterocycles. The lowest BCUT2D eigenvalue weighted by molar-refractivity contribution is -0.0352. The summed E-state index contributed by atoms with van der Waals surface area (Å²) >= 11 is 0. The smallest absolute Gasteiger partial charge is 0.260 e. The quantitative estimate of drug-likeness (QED) is 0.925. The fourth-order valence-electron chi connectivity index (χ4n) is 2.41. The predicted octanol–water partition coefficient (Wildman–Crippen LogP) is 1.69. The van der Waals surface area contributed by atoms with E-state index in [0.717, 1.165) is 6.07 Å². The number of aromatic hydroxyl groups is 1. The molecular weight excluding hydrogens is 305 g/mol. The number of amides is 1. The van der Waals surface area contributed by atoms with Gasteiger partial charge in [0.2, 0.25) is 11.8 Å². The van der Waals surface area contributed by atoms with Crippen LogP contribution < -0.4 is 0 Å². The van der Waals surface area contributed by atoms with Crippen LogP contribution in [0, 0.1) is 5.82 Å². The summed E-state index contributed by atoms with van der Waals surface area (Å²) in [5.74, 6) is -0.965. The number of aryl methyl sites for hydroxylation is 1. The fraction of sp³-hybridized carbons (Fsp3) is 0.400. The number of ether oxygens (including phenoxy) is 1. The van der Waals surface area contributed by atoms with E-state index in [1.807, 2.05) is 6.92 Å². The van der Waals surface area contributed by atoms with Crippen molar-refractivity contribution in [3.05, 3.63) is 41.4 Å². The Bertz CT molecular complexity index is 698. The fourth-order valence-corrected chi connectivity index (χ4v) is 2.41. The van der Waals surface area contributed by atoms with E-state index in [9.17, 15) is 14.3 Å². The number of halogens is 1. The first-order valence-electron chi connectivity index (χ1n) is 7.30. The lowest BCUT2D eigenvalue weighted by Gasteiger charge is -2.31. The van der Waals surface area contributed by atoms with Crippen molar-refractivity contribution in [1.29, 1.82) is 0 Å². The van der Waals surface area contributed by atoms with Crippen LogP contribution in [0.15, 0.2) is 22.6 Å². The highest BCUT2D eigenvalue weighted by Crippen LogP contribution is 2.26. The summed E-state index contributed by atoms with van der Waals surface area (Å²) < 4.78 is 24.8. The molecule has 1 unspecified atom stereocenters. The molecule has 3 rings (SSSR count). The number of phenolic OH excluding ortho intramolecular Hbond substituents is 1. The molecule has 122 valence electrons. The van der Waals surface area contributed by atoms with Gasteiger partial charge in [0.25, 0.3) is 5.91 Å². The van der Waals surface area contributed by atoms with E-state index < -0.39 is 17.8 Å². The molecular formula is C15H16FN3O4. The second-order valence-electron chi connectivity index (χ2n) is 5.13. The molecule has 1 N–H and O–H groups in total. The van der Waals surface area contributed by atoms with Gasteiger partial charge in [0.15, 0.2) is 6.10 Å². The first kappa shape index (κ1) is 15.4. The Hall–Kier alpha value is -2.48. The first-order chi connectivity index (χ1) is 11.1. The third-order valence-corrected chi connectivity index (χ3v) is 3.62. The number of benzene rings is 1. The summed E-state index contributed by atoms with van der Waals surface area (Å²) in [6, 6.07) is 3.75. The Balaban J connectivity index is 1.79. The van der Waals surface area contributed by atoms with Crippen molar-refractivity contribution in [3.8, 4) is 5.75 Å². The van der Waals surface area contributed by atoms with E-state index in [0.29, 0.717) is 12.3 Å². The van der Waals surface area contributed by atoms with Crippen molar-refractivity contribution in [3.63, 3.8) is 0 Å². The molecule has 8 heteroatoms. The van der Waals surface area contributed by atoms with Gasteiger partial charge in [0, 0.05) is 13.0 Å². The molecule has 0 saturated carbocycles. The molecule has 7 nitrogen and oxygen atoms in total. The zero-order valence-electron chi connectivity index (χ0n) is 12.5. The van der Waals surface area contributed by atoms with Gasteiger partial charge >= 0.3 is 0 Å². The van der Waals surface area contributed by atoms with Crippen LogP contribution in [-0.4, -0.2) is 45.8 Å².